The number of carbonyl (C=O) groups is 2. The van der Waals surface area contributed by atoms with Crippen LogP contribution in [0.5, 0.6) is 0 Å². The zero-order chi connectivity index (χ0) is 23.4. The number of alkyl halides is 3. The minimum absolute atomic E-state index is 0.0265. The number of amides is 2. The predicted molar refractivity (Wildman–Crippen MR) is 98.3 cm³/mol. The first-order chi connectivity index (χ1) is 14.1. The summed E-state index contributed by atoms with van der Waals surface area (Å²) >= 11 is 0. The fourth-order valence-corrected chi connectivity index (χ4v) is 3.56. The summed E-state index contributed by atoms with van der Waals surface area (Å²) in [6, 6.07) is 0.256. The Morgan fingerprint density at radius 3 is 2.39 bits per heavy atom. The number of benzene rings is 1. The van der Waals surface area contributed by atoms with Gasteiger partial charge in [-0.15, -0.1) is 0 Å². The Labute approximate surface area is 173 Å². The van der Waals surface area contributed by atoms with Gasteiger partial charge in [0.25, 0.3) is 5.91 Å². The summed E-state index contributed by atoms with van der Waals surface area (Å²) in [7, 11) is 1.30. The van der Waals surface area contributed by atoms with E-state index in [1.54, 1.807) is 20.8 Å². The van der Waals surface area contributed by atoms with Crippen molar-refractivity contribution in [3.8, 4) is 11.4 Å². The molecule has 0 radical (unpaired) electrons. The maximum Gasteiger partial charge on any atom is 0.471 e. The van der Waals surface area contributed by atoms with Crippen LogP contribution in [0, 0.1) is 11.6 Å². The number of halogens is 5. The first-order valence-electron chi connectivity index (χ1n) is 9.27. The lowest BCUT2D eigenvalue weighted by atomic mass is 10.1. The second kappa shape index (κ2) is 7.36. The molecule has 168 valence electrons. The van der Waals surface area contributed by atoms with Crippen molar-refractivity contribution in [1.82, 2.24) is 19.9 Å². The van der Waals surface area contributed by atoms with Crippen LogP contribution >= 0.6 is 0 Å². The third-order valence-electron chi connectivity index (χ3n) is 5.02. The van der Waals surface area contributed by atoms with E-state index < -0.39 is 68.7 Å². The molecule has 1 aromatic heterocycles. The number of nitrogens with zero attached hydrogens (tertiary/aromatic N) is 3. The van der Waals surface area contributed by atoms with Crippen molar-refractivity contribution < 1.29 is 36.1 Å². The van der Waals surface area contributed by atoms with Crippen molar-refractivity contribution in [2.24, 2.45) is 0 Å². The second-order valence-corrected chi connectivity index (χ2v) is 8.47. The number of hydrogen-bond donors (Lipinski definition) is 1. The molecular formula is C19H20F5N4O3+. The molecule has 1 N–H and O–H groups in total. The molecule has 7 nitrogen and oxygen atoms in total. The Kier molecular flexibility index (Phi) is 5.41. The Morgan fingerprint density at radius 2 is 1.84 bits per heavy atom. The fourth-order valence-electron chi connectivity index (χ4n) is 3.56. The Hall–Kier alpha value is -2.89. The number of rotatable bonds is 3. The van der Waals surface area contributed by atoms with Gasteiger partial charge in [0.1, 0.15) is 5.82 Å². The van der Waals surface area contributed by atoms with Gasteiger partial charge in [0, 0.05) is 18.0 Å². The second-order valence-electron chi connectivity index (χ2n) is 8.47. The summed E-state index contributed by atoms with van der Waals surface area (Å²) in [6.07, 6.45) is -4.85. The molecule has 3 rings (SSSR count). The van der Waals surface area contributed by atoms with Gasteiger partial charge in [-0.3, -0.25) is 4.79 Å². The molecule has 0 spiro atoms. The van der Waals surface area contributed by atoms with Crippen molar-refractivity contribution in [3.63, 3.8) is 0 Å². The van der Waals surface area contributed by atoms with Gasteiger partial charge in [-0.1, -0.05) is 5.16 Å². The molecule has 0 bridgehead atoms. The zero-order valence-corrected chi connectivity index (χ0v) is 17.1. The lowest BCUT2D eigenvalue weighted by Gasteiger charge is -2.34. The Bertz CT molecular complexity index is 1040. The SMILES string of the molecule is CC(C)(C)NC(=O)[C@@H]1CCC(=O)[N+]1(C)c1cc(F)c(-c2noc(C(F)(F)F)n2)cc1F. The van der Waals surface area contributed by atoms with Crippen molar-refractivity contribution in [2.75, 3.05) is 7.05 Å². The summed E-state index contributed by atoms with van der Waals surface area (Å²) in [5, 5.41) is 5.78. The van der Waals surface area contributed by atoms with Crippen LogP contribution in [0.2, 0.25) is 0 Å². The molecular weight excluding hydrogens is 427 g/mol. The molecule has 1 saturated heterocycles. The number of likely N-dealkylation sites (N-methyl/N-ethyl adjacent to an activating group) is 1. The van der Waals surface area contributed by atoms with Gasteiger partial charge in [-0.05, 0) is 26.8 Å². The highest BCUT2D eigenvalue weighted by Gasteiger charge is 2.53. The third-order valence-corrected chi connectivity index (χ3v) is 5.02. The minimum atomic E-state index is -4.95. The lowest BCUT2D eigenvalue weighted by Crippen LogP contribution is -2.60. The van der Waals surface area contributed by atoms with Gasteiger partial charge < -0.3 is 9.84 Å². The zero-order valence-electron chi connectivity index (χ0n) is 17.1. The average molecular weight is 447 g/mol. The maximum absolute atomic E-state index is 15.0. The number of hydrogen-bond acceptors (Lipinski definition) is 5. The Morgan fingerprint density at radius 1 is 1.19 bits per heavy atom. The third kappa shape index (κ3) is 4.16. The van der Waals surface area contributed by atoms with Crippen LogP contribution in [0.25, 0.3) is 11.4 Å². The molecule has 2 atom stereocenters. The van der Waals surface area contributed by atoms with Crippen molar-refractivity contribution >= 4 is 17.5 Å². The van der Waals surface area contributed by atoms with E-state index in [0.29, 0.717) is 12.1 Å². The van der Waals surface area contributed by atoms with Crippen LogP contribution in [0.3, 0.4) is 0 Å². The maximum atomic E-state index is 15.0. The van der Waals surface area contributed by atoms with Gasteiger partial charge in [0.05, 0.1) is 19.0 Å². The van der Waals surface area contributed by atoms with E-state index >= 15 is 4.39 Å². The van der Waals surface area contributed by atoms with Crippen molar-refractivity contribution in [2.45, 2.75) is 51.4 Å². The molecule has 0 aliphatic carbocycles. The molecule has 12 heteroatoms. The quantitative estimate of drug-likeness (QED) is 0.575. The van der Waals surface area contributed by atoms with Crippen LogP contribution in [0.4, 0.5) is 27.6 Å². The molecule has 1 fully saturated rings. The number of quaternary nitrogens is 1. The van der Waals surface area contributed by atoms with Gasteiger partial charge in [-0.2, -0.15) is 18.2 Å². The van der Waals surface area contributed by atoms with E-state index in [-0.39, 0.29) is 12.8 Å². The van der Waals surface area contributed by atoms with E-state index in [1.807, 2.05) is 0 Å². The highest BCUT2D eigenvalue weighted by molar-refractivity contribution is 5.99. The summed E-state index contributed by atoms with van der Waals surface area (Å²) < 4.78 is 71.0. The van der Waals surface area contributed by atoms with Crippen molar-refractivity contribution in [1.29, 1.82) is 0 Å². The summed E-state index contributed by atoms with van der Waals surface area (Å²) in [6.45, 7) is 5.21. The smallest absolute Gasteiger partial charge is 0.346 e. The molecule has 0 saturated carbocycles. The van der Waals surface area contributed by atoms with Crippen LogP contribution in [0.1, 0.15) is 39.5 Å². The molecule has 1 aromatic carbocycles. The molecule has 2 heterocycles. The highest BCUT2D eigenvalue weighted by atomic mass is 19.4. The largest absolute Gasteiger partial charge is 0.471 e. The first kappa shape index (κ1) is 22.8. The van der Waals surface area contributed by atoms with Gasteiger partial charge in [-0.25, -0.2) is 18.1 Å². The summed E-state index contributed by atoms with van der Waals surface area (Å²) in [4.78, 5) is 28.4. The first-order valence-corrected chi connectivity index (χ1v) is 9.27. The molecule has 2 aromatic rings. The van der Waals surface area contributed by atoms with Crippen LogP contribution in [0.15, 0.2) is 16.7 Å². The number of likely N-dealkylation sites (tertiary alicyclic amines) is 1. The van der Waals surface area contributed by atoms with Gasteiger partial charge >= 0.3 is 18.0 Å². The number of nitrogens with one attached hydrogen (secondary N) is 1. The monoisotopic (exact) mass is 447 g/mol. The van der Waals surface area contributed by atoms with E-state index in [4.69, 9.17) is 0 Å². The van der Waals surface area contributed by atoms with Gasteiger partial charge in [0.2, 0.25) is 5.82 Å². The highest BCUT2D eigenvalue weighted by Crippen LogP contribution is 2.39. The standard InChI is InChI=1S/C19H19F5N4O3/c1-18(2,3)26-16(30)12-5-6-14(29)28(12,4)13-8-10(20)9(7-11(13)21)15-25-17(31-27-15)19(22,23)24/h7-8,12H,5-6H2,1-4H3/p+1/t12-,28?/m0/s1. The number of aromatic nitrogens is 2. The Balaban J connectivity index is 2.04. The van der Waals surface area contributed by atoms with Gasteiger partial charge in [0.15, 0.2) is 17.5 Å². The number of carbonyl (C=O) groups excluding carboxylic acids is 2. The molecule has 2 amide bonds. The summed E-state index contributed by atoms with van der Waals surface area (Å²) in [5.41, 5.74) is -1.71. The van der Waals surface area contributed by atoms with Crippen LogP contribution in [-0.4, -0.2) is 40.6 Å². The van der Waals surface area contributed by atoms with E-state index in [2.05, 4.69) is 20.0 Å². The molecule has 1 aliphatic rings. The average Bonchev–Trinajstić information content (AvgIpc) is 3.21. The fraction of sp³-hybridized carbons (Fsp3) is 0.474. The normalized spacial score (nSPS) is 22.1. The topological polar surface area (TPSA) is 85.1 Å². The van der Waals surface area contributed by atoms with Crippen LogP contribution in [-0.2, 0) is 15.8 Å². The molecule has 31 heavy (non-hydrogen) atoms. The van der Waals surface area contributed by atoms with Crippen LogP contribution < -0.4 is 9.80 Å². The summed E-state index contributed by atoms with van der Waals surface area (Å²) in [5.74, 6) is -5.77. The van der Waals surface area contributed by atoms with Crippen molar-refractivity contribution in [3.05, 3.63) is 29.7 Å². The molecule has 1 aliphatic heterocycles. The van der Waals surface area contributed by atoms with E-state index in [9.17, 15) is 27.2 Å². The molecule has 1 unspecified atom stereocenters. The predicted octanol–water partition coefficient (Wildman–Crippen LogP) is 3.57. The van der Waals surface area contributed by atoms with E-state index in [0.717, 1.165) is 0 Å². The minimum Gasteiger partial charge on any atom is -0.346 e. The lowest BCUT2D eigenvalue weighted by molar-refractivity contribution is -0.159. The van der Waals surface area contributed by atoms with E-state index in [1.165, 1.54) is 7.05 Å².